The predicted molar refractivity (Wildman–Crippen MR) is 91.5 cm³/mol. The van der Waals surface area contributed by atoms with Crippen LogP contribution in [-0.4, -0.2) is 37.3 Å². The maximum Gasteiger partial charge on any atom is 0.360 e. The van der Waals surface area contributed by atoms with Crippen molar-refractivity contribution in [2.45, 2.75) is 25.4 Å². The molecule has 25 heavy (non-hydrogen) atoms. The van der Waals surface area contributed by atoms with E-state index in [-0.39, 0.29) is 11.8 Å². The largest absolute Gasteiger partial charge is 0.461 e. The molecule has 2 aliphatic heterocycles. The monoisotopic (exact) mass is 342 g/mol. The highest BCUT2D eigenvalue weighted by atomic mass is 16.5. The minimum Gasteiger partial charge on any atom is -0.461 e. The Bertz CT molecular complexity index is 709. The van der Waals surface area contributed by atoms with Crippen molar-refractivity contribution in [2.75, 3.05) is 31.2 Å². The first-order chi connectivity index (χ1) is 12.3. The molecule has 2 unspecified atom stereocenters. The summed E-state index contributed by atoms with van der Waals surface area (Å²) in [6.45, 7) is 2.98. The van der Waals surface area contributed by atoms with Crippen LogP contribution in [-0.2, 0) is 9.47 Å². The van der Waals surface area contributed by atoms with E-state index in [4.69, 9.17) is 13.9 Å². The predicted octanol–water partition coefficient (Wildman–Crippen LogP) is 3.21. The van der Waals surface area contributed by atoms with Gasteiger partial charge in [0.15, 0.2) is 17.8 Å². The number of hydrogen-bond acceptors (Lipinski definition) is 6. The van der Waals surface area contributed by atoms with Gasteiger partial charge in [0.1, 0.15) is 6.10 Å². The molecule has 0 radical (unpaired) electrons. The lowest BCUT2D eigenvalue weighted by molar-refractivity contribution is 0.0426. The van der Waals surface area contributed by atoms with Crippen LogP contribution < -0.4 is 4.90 Å². The summed E-state index contributed by atoms with van der Waals surface area (Å²) < 4.78 is 16.5. The van der Waals surface area contributed by atoms with Gasteiger partial charge in [0.2, 0.25) is 0 Å². The third kappa shape index (κ3) is 3.54. The van der Waals surface area contributed by atoms with E-state index in [0.717, 1.165) is 32.4 Å². The van der Waals surface area contributed by atoms with Crippen LogP contribution in [0.15, 0.2) is 41.1 Å². The molecule has 6 nitrogen and oxygen atoms in total. The minimum absolute atomic E-state index is 0.176. The molecular weight excluding hydrogens is 320 g/mol. The van der Waals surface area contributed by atoms with E-state index >= 15 is 0 Å². The van der Waals surface area contributed by atoms with Crippen molar-refractivity contribution >= 4 is 11.7 Å². The maximum atomic E-state index is 12.4. The van der Waals surface area contributed by atoms with Crippen molar-refractivity contribution in [3.05, 3.63) is 48.2 Å². The number of carbonyl (C=O) groups excluding carboxylic acids is 1. The Morgan fingerprint density at radius 2 is 2.16 bits per heavy atom. The van der Waals surface area contributed by atoms with E-state index in [2.05, 4.69) is 22.0 Å². The van der Waals surface area contributed by atoms with Crippen LogP contribution in [0.1, 0.15) is 41.6 Å². The van der Waals surface area contributed by atoms with Gasteiger partial charge in [-0.1, -0.05) is 18.2 Å². The fourth-order valence-electron chi connectivity index (χ4n) is 3.53. The first kappa shape index (κ1) is 16.1. The number of hydrogen-bond donors (Lipinski definition) is 0. The topological polar surface area (TPSA) is 64.8 Å². The Balaban J connectivity index is 1.32. The summed E-state index contributed by atoms with van der Waals surface area (Å²) in [4.78, 5) is 18.7. The quantitative estimate of drug-likeness (QED) is 0.778. The average molecular weight is 342 g/mol. The van der Waals surface area contributed by atoms with Crippen molar-refractivity contribution < 1.29 is 18.7 Å². The van der Waals surface area contributed by atoms with Crippen LogP contribution in [0, 0.1) is 5.92 Å². The Hall–Kier alpha value is -2.34. The fraction of sp³-hybridized carbons (Fsp3) is 0.474. The highest BCUT2D eigenvalue weighted by Crippen LogP contribution is 2.31. The molecule has 0 N–H and O–H groups in total. The van der Waals surface area contributed by atoms with Gasteiger partial charge in [0.25, 0.3) is 0 Å². The molecule has 2 aliphatic rings. The molecule has 0 saturated carbocycles. The molecule has 2 aromatic rings. The lowest BCUT2D eigenvalue weighted by Crippen LogP contribution is -2.22. The van der Waals surface area contributed by atoms with E-state index < -0.39 is 5.97 Å². The summed E-state index contributed by atoms with van der Waals surface area (Å²) >= 11 is 0. The third-order valence-corrected chi connectivity index (χ3v) is 4.87. The molecule has 2 fully saturated rings. The molecule has 0 amide bonds. The second-order valence-corrected chi connectivity index (χ2v) is 6.60. The molecule has 1 aromatic heterocycles. The van der Waals surface area contributed by atoms with Crippen LogP contribution in [0.4, 0.5) is 5.69 Å². The minimum atomic E-state index is -0.419. The van der Waals surface area contributed by atoms with Crippen molar-refractivity contribution in [1.29, 1.82) is 0 Å². The second kappa shape index (κ2) is 7.27. The van der Waals surface area contributed by atoms with Crippen molar-refractivity contribution in [2.24, 2.45) is 5.92 Å². The first-order valence-corrected chi connectivity index (χ1v) is 8.83. The number of para-hydroxylation sites is 1. The number of ether oxygens (including phenoxy) is 2. The van der Waals surface area contributed by atoms with E-state index in [0.29, 0.717) is 24.9 Å². The highest BCUT2D eigenvalue weighted by Gasteiger charge is 2.30. The Morgan fingerprint density at radius 3 is 2.96 bits per heavy atom. The molecule has 2 saturated heterocycles. The number of oxazole rings is 1. The molecule has 6 heteroatoms. The van der Waals surface area contributed by atoms with Gasteiger partial charge in [-0.2, -0.15) is 0 Å². The first-order valence-electron chi connectivity index (χ1n) is 8.83. The summed E-state index contributed by atoms with van der Waals surface area (Å²) in [6, 6.07) is 10.3. The van der Waals surface area contributed by atoms with Crippen LogP contribution >= 0.6 is 0 Å². The molecule has 0 aliphatic carbocycles. The highest BCUT2D eigenvalue weighted by molar-refractivity contribution is 5.88. The number of benzene rings is 1. The lowest BCUT2D eigenvalue weighted by Gasteiger charge is -2.18. The number of aromatic nitrogens is 1. The second-order valence-electron chi connectivity index (χ2n) is 6.60. The van der Waals surface area contributed by atoms with Gasteiger partial charge < -0.3 is 18.8 Å². The number of anilines is 1. The maximum absolute atomic E-state index is 12.4. The fourth-order valence-corrected chi connectivity index (χ4v) is 3.53. The summed E-state index contributed by atoms with van der Waals surface area (Å²) in [5, 5.41) is 0. The van der Waals surface area contributed by atoms with Crippen LogP contribution in [0.25, 0.3) is 0 Å². The Labute approximate surface area is 146 Å². The number of esters is 1. The molecule has 0 spiro atoms. The molecule has 4 rings (SSSR count). The van der Waals surface area contributed by atoms with Gasteiger partial charge in [0, 0.05) is 31.3 Å². The van der Waals surface area contributed by atoms with Crippen LogP contribution in [0.3, 0.4) is 0 Å². The van der Waals surface area contributed by atoms with E-state index in [1.54, 1.807) is 0 Å². The Morgan fingerprint density at radius 1 is 1.28 bits per heavy atom. The summed E-state index contributed by atoms with van der Waals surface area (Å²) in [7, 11) is 0. The van der Waals surface area contributed by atoms with Crippen molar-refractivity contribution in [3.8, 4) is 0 Å². The van der Waals surface area contributed by atoms with Crippen molar-refractivity contribution in [3.63, 3.8) is 0 Å². The summed E-state index contributed by atoms with van der Waals surface area (Å²) in [5.41, 5.74) is 1.47. The van der Waals surface area contributed by atoms with E-state index in [9.17, 15) is 4.79 Å². The SMILES string of the molecule is O=C(OCC1CCN(c2ccccc2)C1)c1ncoc1C1CCCO1. The zero-order valence-electron chi connectivity index (χ0n) is 14.1. The van der Waals surface area contributed by atoms with Gasteiger partial charge in [-0.15, -0.1) is 0 Å². The van der Waals surface area contributed by atoms with E-state index in [1.165, 1.54) is 12.1 Å². The molecule has 2 atom stereocenters. The van der Waals surface area contributed by atoms with Crippen LogP contribution in [0.2, 0.25) is 0 Å². The van der Waals surface area contributed by atoms with Gasteiger partial charge in [-0.25, -0.2) is 9.78 Å². The molecular formula is C19H22N2O4. The van der Waals surface area contributed by atoms with Crippen LogP contribution in [0.5, 0.6) is 0 Å². The lowest BCUT2D eigenvalue weighted by atomic mass is 10.1. The normalized spacial score (nSPS) is 23.1. The molecule has 132 valence electrons. The molecule has 0 bridgehead atoms. The molecule has 1 aromatic carbocycles. The number of carbonyl (C=O) groups is 1. The molecule has 3 heterocycles. The third-order valence-electron chi connectivity index (χ3n) is 4.87. The van der Waals surface area contributed by atoms with Gasteiger partial charge in [-0.3, -0.25) is 0 Å². The average Bonchev–Trinajstić information content (AvgIpc) is 3.41. The standard InChI is InChI=1S/C19H22N2O4/c22-19(17-18(25-13-20-17)16-7-4-10-23-16)24-12-14-8-9-21(11-14)15-5-2-1-3-6-15/h1-3,5-6,13-14,16H,4,7-12H2. The summed E-state index contributed by atoms with van der Waals surface area (Å²) in [6.07, 6.45) is 3.95. The zero-order chi connectivity index (χ0) is 17.1. The van der Waals surface area contributed by atoms with Gasteiger partial charge in [-0.05, 0) is 31.4 Å². The van der Waals surface area contributed by atoms with Gasteiger partial charge in [0.05, 0.1) is 6.61 Å². The number of rotatable bonds is 5. The van der Waals surface area contributed by atoms with Gasteiger partial charge >= 0.3 is 5.97 Å². The van der Waals surface area contributed by atoms with Crippen molar-refractivity contribution in [1.82, 2.24) is 4.98 Å². The summed E-state index contributed by atoms with van der Waals surface area (Å²) in [5.74, 6) is 0.416. The van der Waals surface area contributed by atoms with E-state index in [1.807, 2.05) is 18.2 Å². The Kier molecular flexibility index (Phi) is 4.70. The number of nitrogens with zero attached hydrogens (tertiary/aromatic N) is 2. The zero-order valence-corrected chi connectivity index (χ0v) is 14.1. The smallest absolute Gasteiger partial charge is 0.360 e.